The van der Waals surface area contributed by atoms with E-state index in [9.17, 15) is 9.59 Å². The van der Waals surface area contributed by atoms with Gasteiger partial charge in [0.1, 0.15) is 5.15 Å². The van der Waals surface area contributed by atoms with Crippen LogP contribution in [0.4, 0.5) is 11.6 Å². The van der Waals surface area contributed by atoms with E-state index < -0.39 is 0 Å². The van der Waals surface area contributed by atoms with Crippen molar-refractivity contribution in [3.05, 3.63) is 34.0 Å². The van der Waals surface area contributed by atoms with Crippen LogP contribution in [0.1, 0.15) is 13.8 Å². The molecule has 2 amide bonds. The Balaban J connectivity index is 0.000000251. The van der Waals surface area contributed by atoms with Crippen LogP contribution < -0.4 is 21.7 Å². The molecule has 2 aromatic heterocycles. The highest BCUT2D eigenvalue weighted by molar-refractivity contribution is 6.33. The molecule has 4 N–H and O–H groups in total. The lowest BCUT2D eigenvalue weighted by molar-refractivity contribution is -0.119. The molecule has 0 radical (unpaired) electrons. The van der Waals surface area contributed by atoms with Crippen LogP contribution in [0.25, 0.3) is 0 Å². The van der Waals surface area contributed by atoms with Crippen molar-refractivity contribution in [2.45, 2.75) is 13.8 Å². The third-order valence-electron chi connectivity index (χ3n) is 2.07. The topological polar surface area (TPSA) is 134 Å². The minimum absolute atomic E-state index is 0.0984. The average Bonchev–Trinajstić information content (AvgIpc) is 2.53. The van der Waals surface area contributed by atoms with Gasteiger partial charge in [0.15, 0.2) is 21.9 Å². The van der Waals surface area contributed by atoms with Crippen molar-refractivity contribution in [1.82, 2.24) is 30.8 Å². The van der Waals surface area contributed by atoms with Crippen LogP contribution in [0.2, 0.25) is 15.5 Å². The van der Waals surface area contributed by atoms with E-state index in [0.29, 0.717) is 5.82 Å². The Labute approximate surface area is 157 Å². The lowest BCUT2D eigenvalue weighted by Crippen LogP contribution is -2.27. The largest absolute Gasteiger partial charge is 0.279 e. The first-order chi connectivity index (χ1) is 11.8. The van der Waals surface area contributed by atoms with Crippen LogP contribution in [-0.4, -0.2) is 31.8 Å². The van der Waals surface area contributed by atoms with Gasteiger partial charge < -0.3 is 0 Å². The van der Waals surface area contributed by atoms with Crippen molar-refractivity contribution < 1.29 is 9.59 Å². The second-order valence-corrected chi connectivity index (χ2v) is 5.24. The van der Waals surface area contributed by atoms with Crippen molar-refractivity contribution in [2.24, 2.45) is 0 Å². The maximum atomic E-state index is 10.5. The highest BCUT2D eigenvalue weighted by Crippen LogP contribution is 2.17. The summed E-state index contributed by atoms with van der Waals surface area (Å²) in [5, 5.41) is 0.505. The number of hydrogen-bond acceptors (Lipinski definition) is 8. The Kier molecular flexibility index (Phi) is 8.61. The summed E-state index contributed by atoms with van der Waals surface area (Å²) in [6, 6.07) is 0. The van der Waals surface area contributed by atoms with E-state index in [4.69, 9.17) is 34.8 Å². The first-order valence-electron chi connectivity index (χ1n) is 6.49. The SMILES string of the molecule is CC(=O)NNc1ncc(Cl)nc1Cl.CC(=O)NNc1nccnc1Cl. The second-order valence-electron chi connectivity index (χ2n) is 4.14. The zero-order valence-electron chi connectivity index (χ0n) is 13.0. The molecule has 2 rings (SSSR count). The second kappa shape index (κ2) is 10.4. The molecule has 0 aliphatic heterocycles. The predicted octanol–water partition coefficient (Wildman–Crippen LogP) is 1.84. The molecule has 0 atom stereocenters. The summed E-state index contributed by atoms with van der Waals surface area (Å²) < 4.78 is 0. The lowest BCUT2D eigenvalue weighted by atomic mass is 10.7. The van der Waals surface area contributed by atoms with E-state index in [1.54, 1.807) is 0 Å². The van der Waals surface area contributed by atoms with Crippen molar-refractivity contribution in [3.8, 4) is 0 Å². The molecule has 0 unspecified atom stereocenters. The van der Waals surface area contributed by atoms with Crippen molar-refractivity contribution >= 4 is 58.3 Å². The van der Waals surface area contributed by atoms with Gasteiger partial charge >= 0.3 is 0 Å². The van der Waals surface area contributed by atoms with E-state index >= 15 is 0 Å². The standard InChI is InChI=1S/C6H6Cl2N4O.C6H7ClN4O/c1-3(13)11-12-6-5(8)10-4(7)2-9-6;1-4(12)10-11-6-5(7)8-2-3-9-6/h2H,1H3,(H,9,12)(H,11,13);2-3H,1H3,(H,9,11)(H,10,12). The fraction of sp³-hybridized carbons (Fsp3) is 0.167. The third kappa shape index (κ3) is 8.29. The zero-order valence-corrected chi connectivity index (χ0v) is 15.2. The molecular formula is C12H13Cl3N8O2. The molecule has 134 valence electrons. The van der Waals surface area contributed by atoms with Crippen LogP contribution in [0.15, 0.2) is 18.6 Å². The Morgan fingerprint density at radius 2 is 1.36 bits per heavy atom. The first-order valence-corrected chi connectivity index (χ1v) is 7.62. The van der Waals surface area contributed by atoms with Crippen LogP contribution in [0, 0.1) is 0 Å². The van der Waals surface area contributed by atoms with Crippen LogP contribution >= 0.6 is 34.8 Å². The highest BCUT2D eigenvalue weighted by atomic mass is 35.5. The fourth-order valence-corrected chi connectivity index (χ4v) is 1.65. The van der Waals surface area contributed by atoms with Crippen LogP contribution in [-0.2, 0) is 9.59 Å². The van der Waals surface area contributed by atoms with E-state index in [1.165, 1.54) is 32.4 Å². The summed E-state index contributed by atoms with van der Waals surface area (Å²) in [4.78, 5) is 36.0. The van der Waals surface area contributed by atoms with Gasteiger partial charge in [-0.2, -0.15) is 0 Å². The molecule has 0 saturated heterocycles. The summed E-state index contributed by atoms with van der Waals surface area (Å²) >= 11 is 16.8. The van der Waals surface area contributed by atoms with Crippen LogP contribution in [0.5, 0.6) is 0 Å². The Morgan fingerprint density at radius 1 is 0.840 bits per heavy atom. The van der Waals surface area contributed by atoms with E-state index in [-0.39, 0.29) is 33.1 Å². The molecule has 0 aromatic carbocycles. The van der Waals surface area contributed by atoms with Gasteiger partial charge in [-0.1, -0.05) is 34.8 Å². The monoisotopic (exact) mass is 406 g/mol. The molecule has 2 heterocycles. The van der Waals surface area contributed by atoms with Gasteiger partial charge in [0.25, 0.3) is 0 Å². The molecular weight excluding hydrogens is 395 g/mol. The molecule has 25 heavy (non-hydrogen) atoms. The number of rotatable bonds is 4. The van der Waals surface area contributed by atoms with Gasteiger partial charge in [-0.3, -0.25) is 31.3 Å². The average molecular weight is 408 g/mol. The molecule has 2 aromatic rings. The Bertz CT molecular complexity index is 746. The summed E-state index contributed by atoms with van der Waals surface area (Å²) in [6.45, 7) is 2.72. The number of aromatic nitrogens is 4. The van der Waals surface area contributed by atoms with Gasteiger partial charge in [0.2, 0.25) is 11.8 Å². The molecule has 13 heteroatoms. The molecule has 0 bridgehead atoms. The predicted molar refractivity (Wildman–Crippen MR) is 94.0 cm³/mol. The first kappa shape index (κ1) is 20.6. The van der Waals surface area contributed by atoms with E-state index in [0.717, 1.165) is 0 Å². The summed E-state index contributed by atoms with van der Waals surface area (Å²) in [7, 11) is 0. The Hall–Kier alpha value is -2.43. The third-order valence-corrected chi connectivity index (χ3v) is 2.79. The number of halogens is 3. The normalized spacial score (nSPS) is 9.32. The fourth-order valence-electron chi connectivity index (χ4n) is 1.13. The minimum Gasteiger partial charge on any atom is -0.279 e. The van der Waals surface area contributed by atoms with Crippen molar-refractivity contribution in [1.29, 1.82) is 0 Å². The van der Waals surface area contributed by atoms with Crippen molar-refractivity contribution in [2.75, 3.05) is 10.9 Å². The molecule has 10 nitrogen and oxygen atoms in total. The maximum Gasteiger partial charge on any atom is 0.235 e. The lowest BCUT2D eigenvalue weighted by Gasteiger charge is -2.05. The number of carbonyl (C=O) groups excluding carboxylic acids is 2. The van der Waals surface area contributed by atoms with Gasteiger partial charge in [-0.05, 0) is 0 Å². The number of anilines is 2. The maximum absolute atomic E-state index is 10.5. The molecule has 0 spiro atoms. The number of nitrogens with zero attached hydrogens (tertiary/aromatic N) is 4. The quantitative estimate of drug-likeness (QED) is 0.564. The van der Waals surface area contributed by atoms with Crippen molar-refractivity contribution in [3.63, 3.8) is 0 Å². The Morgan fingerprint density at radius 3 is 1.84 bits per heavy atom. The smallest absolute Gasteiger partial charge is 0.235 e. The number of carbonyl (C=O) groups is 2. The number of hydrogen-bond donors (Lipinski definition) is 4. The van der Waals surface area contributed by atoms with Crippen LogP contribution in [0.3, 0.4) is 0 Å². The number of nitrogens with one attached hydrogen (secondary N) is 4. The summed E-state index contributed by atoms with van der Waals surface area (Å²) in [5.74, 6) is 0.0974. The zero-order chi connectivity index (χ0) is 18.8. The summed E-state index contributed by atoms with van der Waals surface area (Å²) in [5.41, 5.74) is 9.61. The molecule has 0 aliphatic carbocycles. The van der Waals surface area contributed by atoms with Gasteiger partial charge in [-0.15, -0.1) is 0 Å². The van der Waals surface area contributed by atoms with Gasteiger partial charge in [0.05, 0.1) is 6.20 Å². The molecule has 0 aliphatic rings. The van der Waals surface area contributed by atoms with E-state index in [1.807, 2.05) is 0 Å². The van der Waals surface area contributed by atoms with Gasteiger partial charge in [0, 0.05) is 26.2 Å². The minimum atomic E-state index is -0.257. The number of hydrazine groups is 2. The molecule has 0 fully saturated rings. The van der Waals surface area contributed by atoms with E-state index in [2.05, 4.69) is 41.6 Å². The number of amides is 2. The summed E-state index contributed by atoms with van der Waals surface area (Å²) in [6.07, 6.45) is 4.24. The molecule has 0 saturated carbocycles. The van der Waals surface area contributed by atoms with Gasteiger partial charge in [-0.25, -0.2) is 19.9 Å². The highest BCUT2D eigenvalue weighted by Gasteiger charge is 2.03.